The molecule has 1 heterocycles. The average Bonchev–Trinajstić information content (AvgIpc) is 2.05. The highest BCUT2D eigenvalue weighted by atomic mass is 19.4. The second-order valence-corrected chi connectivity index (χ2v) is 2.44. The van der Waals surface area contributed by atoms with Gasteiger partial charge in [-0.15, -0.1) is 13.2 Å². The number of carboxylic acids is 1. The van der Waals surface area contributed by atoms with Gasteiger partial charge < -0.3 is 15.6 Å². The Hall–Kier alpha value is -1.99. The molecule has 0 saturated carbocycles. The lowest BCUT2D eigenvalue weighted by Gasteiger charge is -2.08. The molecule has 0 saturated heterocycles. The molecule has 0 aliphatic carbocycles. The number of ether oxygens (including phenoxy) is 1. The van der Waals surface area contributed by atoms with E-state index in [0.29, 0.717) is 0 Å². The molecule has 5 nitrogen and oxygen atoms in total. The molecule has 0 aromatic carbocycles. The lowest BCUT2D eigenvalue weighted by atomic mass is 10.3. The smallest absolute Gasteiger partial charge is 0.476 e. The fraction of sp³-hybridized carbons (Fsp3) is 0.143. The van der Waals surface area contributed by atoms with E-state index >= 15 is 0 Å². The van der Waals surface area contributed by atoms with E-state index in [4.69, 9.17) is 10.8 Å². The van der Waals surface area contributed by atoms with Gasteiger partial charge in [0.25, 0.3) is 0 Å². The number of carbonyl (C=O) groups is 1. The standard InChI is InChI=1S/C7H5F3N2O3/c8-7(9,10)15-4-2-1-3(11)5(12-4)6(13)14/h1-2H,11H2,(H,13,14). The van der Waals surface area contributed by atoms with Crippen LogP contribution in [0.5, 0.6) is 5.88 Å². The van der Waals surface area contributed by atoms with Gasteiger partial charge in [-0.05, 0) is 6.07 Å². The van der Waals surface area contributed by atoms with Crippen molar-refractivity contribution in [3.8, 4) is 5.88 Å². The zero-order valence-corrected chi connectivity index (χ0v) is 7.08. The van der Waals surface area contributed by atoms with Gasteiger partial charge in [0, 0.05) is 6.07 Å². The van der Waals surface area contributed by atoms with Crippen molar-refractivity contribution in [2.75, 3.05) is 5.73 Å². The molecule has 0 atom stereocenters. The quantitative estimate of drug-likeness (QED) is 0.786. The van der Waals surface area contributed by atoms with E-state index in [-0.39, 0.29) is 5.69 Å². The normalized spacial score (nSPS) is 11.1. The number of rotatable bonds is 2. The molecule has 0 amide bonds. The highest BCUT2D eigenvalue weighted by molar-refractivity contribution is 5.91. The maximum atomic E-state index is 11.7. The van der Waals surface area contributed by atoms with Gasteiger partial charge in [-0.2, -0.15) is 0 Å². The number of aromatic carboxylic acids is 1. The van der Waals surface area contributed by atoms with Crippen LogP contribution in [0.15, 0.2) is 12.1 Å². The van der Waals surface area contributed by atoms with Gasteiger partial charge >= 0.3 is 12.3 Å². The number of nitrogens with two attached hydrogens (primary N) is 1. The predicted octanol–water partition coefficient (Wildman–Crippen LogP) is 1.26. The maximum Gasteiger partial charge on any atom is 0.574 e. The first-order chi connectivity index (χ1) is 6.79. The van der Waals surface area contributed by atoms with Crippen molar-refractivity contribution >= 4 is 11.7 Å². The van der Waals surface area contributed by atoms with Crippen molar-refractivity contribution in [1.29, 1.82) is 0 Å². The van der Waals surface area contributed by atoms with Gasteiger partial charge in [0.1, 0.15) is 0 Å². The molecule has 0 bridgehead atoms. The number of nitrogen functional groups attached to an aromatic ring is 1. The third kappa shape index (κ3) is 3.01. The number of aromatic nitrogens is 1. The van der Waals surface area contributed by atoms with Gasteiger partial charge in [-0.25, -0.2) is 9.78 Å². The molecular formula is C7H5F3N2O3. The minimum absolute atomic E-state index is 0.239. The van der Waals surface area contributed by atoms with Crippen LogP contribution in [0.3, 0.4) is 0 Å². The molecule has 8 heteroatoms. The highest BCUT2D eigenvalue weighted by Crippen LogP contribution is 2.22. The van der Waals surface area contributed by atoms with E-state index in [1.54, 1.807) is 0 Å². The molecular weight excluding hydrogens is 217 g/mol. The highest BCUT2D eigenvalue weighted by Gasteiger charge is 2.32. The van der Waals surface area contributed by atoms with E-state index in [0.717, 1.165) is 12.1 Å². The Morgan fingerprint density at radius 2 is 2.07 bits per heavy atom. The Kier molecular flexibility index (Phi) is 2.69. The number of pyridine rings is 1. The molecule has 1 aromatic rings. The van der Waals surface area contributed by atoms with Crippen LogP contribution < -0.4 is 10.5 Å². The van der Waals surface area contributed by atoms with Crippen LogP contribution in [0.4, 0.5) is 18.9 Å². The second kappa shape index (κ2) is 3.64. The third-order valence-electron chi connectivity index (χ3n) is 1.32. The molecule has 0 aliphatic heterocycles. The molecule has 82 valence electrons. The summed E-state index contributed by atoms with van der Waals surface area (Å²) in [7, 11) is 0. The number of hydrogen-bond acceptors (Lipinski definition) is 4. The Balaban J connectivity index is 3.03. The van der Waals surface area contributed by atoms with Crippen molar-refractivity contribution in [2.45, 2.75) is 6.36 Å². The first-order valence-corrected chi connectivity index (χ1v) is 3.55. The van der Waals surface area contributed by atoms with E-state index in [1.807, 2.05) is 0 Å². The summed E-state index contributed by atoms with van der Waals surface area (Å²) in [6.07, 6.45) is -4.92. The summed E-state index contributed by atoms with van der Waals surface area (Å²) < 4.78 is 38.6. The number of anilines is 1. The average molecular weight is 222 g/mol. The van der Waals surface area contributed by atoms with Crippen LogP contribution in [-0.4, -0.2) is 22.4 Å². The molecule has 0 spiro atoms. The number of hydrogen-bond donors (Lipinski definition) is 2. The van der Waals surface area contributed by atoms with Crippen LogP contribution in [0.25, 0.3) is 0 Å². The van der Waals surface area contributed by atoms with E-state index in [2.05, 4.69) is 9.72 Å². The summed E-state index contributed by atoms with van der Waals surface area (Å²) >= 11 is 0. The van der Waals surface area contributed by atoms with Crippen molar-refractivity contribution in [3.05, 3.63) is 17.8 Å². The number of alkyl halides is 3. The van der Waals surface area contributed by atoms with Crippen molar-refractivity contribution in [2.24, 2.45) is 0 Å². The summed E-state index contributed by atoms with van der Waals surface area (Å²) in [5.41, 5.74) is 4.25. The van der Waals surface area contributed by atoms with Crippen LogP contribution >= 0.6 is 0 Å². The summed E-state index contributed by atoms with van der Waals surface area (Å²) in [6.45, 7) is 0. The summed E-state index contributed by atoms with van der Waals surface area (Å²) in [5, 5.41) is 8.51. The lowest BCUT2D eigenvalue weighted by Crippen LogP contribution is -2.19. The summed E-state index contributed by atoms with van der Waals surface area (Å²) in [4.78, 5) is 13.6. The molecule has 0 unspecified atom stereocenters. The fourth-order valence-corrected chi connectivity index (χ4v) is 0.799. The molecule has 15 heavy (non-hydrogen) atoms. The Labute approximate surface area is 81.3 Å². The zero-order valence-electron chi connectivity index (χ0n) is 7.08. The zero-order chi connectivity index (χ0) is 11.6. The van der Waals surface area contributed by atoms with Crippen molar-refractivity contribution in [3.63, 3.8) is 0 Å². The molecule has 0 fully saturated rings. The topological polar surface area (TPSA) is 85.4 Å². The monoisotopic (exact) mass is 222 g/mol. The number of halogens is 3. The lowest BCUT2D eigenvalue weighted by molar-refractivity contribution is -0.276. The third-order valence-corrected chi connectivity index (χ3v) is 1.32. The van der Waals surface area contributed by atoms with Crippen molar-refractivity contribution in [1.82, 2.24) is 4.98 Å². The minimum Gasteiger partial charge on any atom is -0.476 e. The molecule has 1 rings (SSSR count). The van der Waals surface area contributed by atoms with E-state index in [9.17, 15) is 18.0 Å². The number of nitrogens with zero attached hydrogens (tertiary/aromatic N) is 1. The Morgan fingerprint density at radius 3 is 2.53 bits per heavy atom. The van der Waals surface area contributed by atoms with Gasteiger partial charge in [-0.3, -0.25) is 0 Å². The minimum atomic E-state index is -4.92. The first kappa shape index (κ1) is 11.1. The SMILES string of the molecule is Nc1ccc(OC(F)(F)F)nc1C(=O)O. The van der Waals surface area contributed by atoms with Crippen LogP contribution in [0.2, 0.25) is 0 Å². The fourth-order valence-electron chi connectivity index (χ4n) is 0.799. The van der Waals surface area contributed by atoms with Crippen LogP contribution in [0.1, 0.15) is 10.5 Å². The Bertz CT molecular complexity index is 392. The second-order valence-electron chi connectivity index (χ2n) is 2.44. The van der Waals surface area contributed by atoms with Crippen LogP contribution in [0, 0.1) is 0 Å². The predicted molar refractivity (Wildman–Crippen MR) is 42.3 cm³/mol. The van der Waals surface area contributed by atoms with Crippen LogP contribution in [-0.2, 0) is 0 Å². The molecule has 0 radical (unpaired) electrons. The first-order valence-electron chi connectivity index (χ1n) is 3.55. The van der Waals surface area contributed by atoms with E-state index < -0.39 is 23.9 Å². The largest absolute Gasteiger partial charge is 0.574 e. The molecule has 0 aliphatic rings. The van der Waals surface area contributed by atoms with Crippen molar-refractivity contribution < 1.29 is 27.8 Å². The molecule has 1 aromatic heterocycles. The van der Waals surface area contributed by atoms with Gasteiger partial charge in [0.15, 0.2) is 5.69 Å². The maximum absolute atomic E-state index is 11.7. The Morgan fingerprint density at radius 1 is 1.47 bits per heavy atom. The number of carboxylic acid groups (broad SMARTS) is 1. The van der Waals surface area contributed by atoms with E-state index in [1.165, 1.54) is 0 Å². The van der Waals surface area contributed by atoms with Gasteiger partial charge in [0.05, 0.1) is 5.69 Å². The van der Waals surface area contributed by atoms with Gasteiger partial charge in [-0.1, -0.05) is 0 Å². The molecule has 3 N–H and O–H groups in total. The summed E-state index contributed by atoms with van der Waals surface area (Å²) in [6, 6.07) is 1.80. The summed E-state index contributed by atoms with van der Waals surface area (Å²) in [5.74, 6) is -2.39. The van der Waals surface area contributed by atoms with Gasteiger partial charge in [0.2, 0.25) is 5.88 Å².